The Balaban J connectivity index is 1.48. The molecular formula is C24H25FN4O3. The zero-order valence-electron chi connectivity index (χ0n) is 18.3. The molecule has 2 amide bonds. The van der Waals surface area contributed by atoms with Crippen LogP contribution in [0.3, 0.4) is 0 Å². The normalized spacial score (nSPS) is 15.8. The molecule has 4 rings (SSSR count). The number of nitrogens with zero attached hydrogens (tertiary/aromatic N) is 3. The van der Waals surface area contributed by atoms with Gasteiger partial charge in [0.05, 0.1) is 28.7 Å². The molecule has 3 aromatic rings. The van der Waals surface area contributed by atoms with Gasteiger partial charge in [-0.25, -0.2) is 9.37 Å². The van der Waals surface area contributed by atoms with Crippen molar-refractivity contribution < 1.29 is 18.4 Å². The Kier molecular flexibility index (Phi) is 6.03. The molecule has 1 aliphatic heterocycles. The largest absolute Gasteiger partial charge is 0.436 e. The summed E-state index contributed by atoms with van der Waals surface area (Å²) in [5, 5.41) is 2.84. The van der Waals surface area contributed by atoms with Crippen LogP contribution in [0.25, 0.3) is 0 Å². The fourth-order valence-electron chi connectivity index (χ4n) is 4.06. The zero-order valence-corrected chi connectivity index (χ0v) is 18.3. The number of halogens is 1. The molecule has 1 aliphatic rings. The van der Waals surface area contributed by atoms with Crippen LogP contribution >= 0.6 is 0 Å². The molecule has 1 saturated heterocycles. The van der Waals surface area contributed by atoms with E-state index in [0.717, 1.165) is 24.1 Å². The Morgan fingerprint density at radius 1 is 1.09 bits per heavy atom. The number of aromatic nitrogens is 2. The van der Waals surface area contributed by atoms with Crippen LogP contribution in [0.1, 0.15) is 68.3 Å². The number of hydrogen-bond donors (Lipinski definition) is 1. The average Bonchev–Trinajstić information content (AvgIpc) is 3.38. The summed E-state index contributed by atoms with van der Waals surface area (Å²) in [6, 6.07) is 9.35. The summed E-state index contributed by atoms with van der Waals surface area (Å²) in [4.78, 5) is 36.3. The lowest BCUT2D eigenvalue weighted by Gasteiger charge is -2.24. The Morgan fingerprint density at radius 2 is 1.84 bits per heavy atom. The van der Waals surface area contributed by atoms with E-state index in [2.05, 4.69) is 15.3 Å². The molecule has 0 aliphatic carbocycles. The molecule has 1 N–H and O–H groups in total. The van der Waals surface area contributed by atoms with Crippen molar-refractivity contribution in [3.05, 3.63) is 82.1 Å². The fourth-order valence-corrected chi connectivity index (χ4v) is 4.06. The van der Waals surface area contributed by atoms with Gasteiger partial charge in [-0.05, 0) is 56.5 Å². The standard InChI is InChI=1S/C24H25FN4O3/c1-14-19(23(30)26-13-17-6-8-18(25)9-7-17)10-11-20(28-14)21-5-4-12-29(21)24(31)22-15(2)27-16(3)32-22/h6-11,21H,4-5,12-13H2,1-3H3,(H,26,30)/t21-/m0/s1. The Bertz CT molecular complexity index is 1160. The summed E-state index contributed by atoms with van der Waals surface area (Å²) in [7, 11) is 0. The second kappa shape index (κ2) is 8.90. The van der Waals surface area contributed by atoms with Crippen molar-refractivity contribution in [2.75, 3.05) is 6.54 Å². The van der Waals surface area contributed by atoms with Crippen LogP contribution in [-0.4, -0.2) is 33.2 Å². The van der Waals surface area contributed by atoms with Crippen molar-refractivity contribution in [1.82, 2.24) is 20.2 Å². The van der Waals surface area contributed by atoms with Gasteiger partial charge >= 0.3 is 0 Å². The maximum absolute atomic E-state index is 13.0. The number of benzene rings is 1. The summed E-state index contributed by atoms with van der Waals surface area (Å²) < 4.78 is 18.6. The van der Waals surface area contributed by atoms with E-state index in [1.165, 1.54) is 12.1 Å². The van der Waals surface area contributed by atoms with Gasteiger partial charge in [0.2, 0.25) is 5.76 Å². The van der Waals surface area contributed by atoms with Crippen LogP contribution in [0.5, 0.6) is 0 Å². The third kappa shape index (κ3) is 4.39. The first kappa shape index (κ1) is 21.7. The lowest BCUT2D eigenvalue weighted by molar-refractivity contribution is 0.0697. The molecule has 32 heavy (non-hydrogen) atoms. The minimum atomic E-state index is -0.316. The predicted octanol–water partition coefficient (Wildman–Crippen LogP) is 4.04. The van der Waals surface area contributed by atoms with Crippen molar-refractivity contribution in [1.29, 1.82) is 0 Å². The highest BCUT2D eigenvalue weighted by Gasteiger charge is 2.34. The van der Waals surface area contributed by atoms with Crippen molar-refractivity contribution in [3.8, 4) is 0 Å². The number of oxazole rings is 1. The highest BCUT2D eigenvalue weighted by Crippen LogP contribution is 2.33. The molecule has 1 fully saturated rings. The lowest BCUT2D eigenvalue weighted by atomic mass is 10.1. The first-order valence-electron chi connectivity index (χ1n) is 10.6. The molecule has 2 aromatic heterocycles. The monoisotopic (exact) mass is 436 g/mol. The first-order valence-corrected chi connectivity index (χ1v) is 10.6. The molecule has 0 bridgehead atoms. The van der Waals surface area contributed by atoms with E-state index >= 15 is 0 Å². The van der Waals surface area contributed by atoms with Gasteiger partial charge in [0.1, 0.15) is 5.82 Å². The molecule has 0 unspecified atom stereocenters. The summed E-state index contributed by atoms with van der Waals surface area (Å²) in [6.45, 7) is 6.17. The summed E-state index contributed by atoms with van der Waals surface area (Å²) in [5.41, 5.74) is 3.19. The van der Waals surface area contributed by atoms with Gasteiger partial charge in [0.15, 0.2) is 5.89 Å². The van der Waals surface area contributed by atoms with Gasteiger partial charge in [-0.2, -0.15) is 0 Å². The maximum Gasteiger partial charge on any atom is 0.292 e. The third-order valence-corrected chi connectivity index (χ3v) is 5.67. The Labute approximate surface area is 185 Å². The summed E-state index contributed by atoms with van der Waals surface area (Å²) >= 11 is 0. The summed E-state index contributed by atoms with van der Waals surface area (Å²) in [6.07, 6.45) is 1.66. The topological polar surface area (TPSA) is 88.3 Å². The van der Waals surface area contributed by atoms with E-state index in [1.807, 2.05) is 0 Å². The second-order valence-corrected chi connectivity index (χ2v) is 7.98. The van der Waals surface area contributed by atoms with Crippen molar-refractivity contribution in [3.63, 3.8) is 0 Å². The molecule has 1 atom stereocenters. The number of rotatable bonds is 5. The van der Waals surface area contributed by atoms with E-state index in [1.54, 1.807) is 49.9 Å². The average molecular weight is 436 g/mol. The quantitative estimate of drug-likeness (QED) is 0.652. The van der Waals surface area contributed by atoms with Crippen LogP contribution in [0.4, 0.5) is 4.39 Å². The highest BCUT2D eigenvalue weighted by molar-refractivity contribution is 5.95. The molecular weight excluding hydrogens is 411 g/mol. The van der Waals surface area contributed by atoms with Crippen molar-refractivity contribution in [2.45, 2.75) is 46.2 Å². The van der Waals surface area contributed by atoms with Crippen LogP contribution in [-0.2, 0) is 6.54 Å². The predicted molar refractivity (Wildman–Crippen MR) is 116 cm³/mol. The minimum Gasteiger partial charge on any atom is -0.436 e. The van der Waals surface area contributed by atoms with Crippen LogP contribution < -0.4 is 5.32 Å². The third-order valence-electron chi connectivity index (χ3n) is 5.67. The Hall–Kier alpha value is -3.55. The van der Waals surface area contributed by atoms with Crippen LogP contribution in [0.15, 0.2) is 40.8 Å². The number of aryl methyl sites for hydroxylation is 3. The minimum absolute atomic E-state index is 0.178. The molecule has 7 nitrogen and oxygen atoms in total. The molecule has 166 valence electrons. The van der Waals surface area contributed by atoms with E-state index < -0.39 is 0 Å². The number of carbonyl (C=O) groups is 2. The van der Waals surface area contributed by atoms with Gasteiger partial charge < -0.3 is 14.6 Å². The zero-order chi connectivity index (χ0) is 22.8. The van der Waals surface area contributed by atoms with Gasteiger partial charge in [-0.15, -0.1) is 0 Å². The van der Waals surface area contributed by atoms with E-state index in [-0.39, 0.29) is 29.4 Å². The molecule has 8 heteroatoms. The number of nitrogens with one attached hydrogen (secondary N) is 1. The fraction of sp³-hybridized carbons (Fsp3) is 0.333. The van der Waals surface area contributed by atoms with Crippen LogP contribution in [0.2, 0.25) is 0 Å². The SMILES string of the molecule is Cc1nc(C)c(C(=O)N2CCC[C@H]2c2ccc(C(=O)NCc3ccc(F)cc3)c(C)n2)o1. The highest BCUT2D eigenvalue weighted by atomic mass is 19.1. The van der Waals surface area contributed by atoms with Gasteiger partial charge in [-0.1, -0.05) is 12.1 Å². The number of carbonyl (C=O) groups excluding carboxylic acids is 2. The maximum atomic E-state index is 13.0. The number of amides is 2. The van der Waals surface area contributed by atoms with Crippen LogP contribution in [0, 0.1) is 26.6 Å². The van der Waals surface area contributed by atoms with E-state index in [4.69, 9.17) is 4.42 Å². The molecule has 0 saturated carbocycles. The summed E-state index contributed by atoms with van der Waals surface area (Å²) in [5.74, 6) is -0.0256. The van der Waals surface area contributed by atoms with E-state index in [0.29, 0.717) is 35.9 Å². The molecule has 0 spiro atoms. The smallest absolute Gasteiger partial charge is 0.292 e. The van der Waals surface area contributed by atoms with Gasteiger partial charge in [0, 0.05) is 20.0 Å². The first-order chi connectivity index (χ1) is 15.3. The number of hydrogen-bond acceptors (Lipinski definition) is 5. The van der Waals surface area contributed by atoms with Gasteiger partial charge in [-0.3, -0.25) is 14.6 Å². The van der Waals surface area contributed by atoms with Crippen molar-refractivity contribution in [2.24, 2.45) is 0 Å². The molecule has 0 radical (unpaired) electrons. The molecule has 3 heterocycles. The van der Waals surface area contributed by atoms with Crippen molar-refractivity contribution >= 4 is 11.8 Å². The van der Waals surface area contributed by atoms with Gasteiger partial charge in [0.25, 0.3) is 11.8 Å². The Morgan fingerprint density at radius 3 is 2.50 bits per heavy atom. The number of likely N-dealkylation sites (tertiary alicyclic amines) is 1. The molecule has 1 aromatic carbocycles. The van der Waals surface area contributed by atoms with E-state index in [9.17, 15) is 14.0 Å². The number of pyridine rings is 1. The lowest BCUT2D eigenvalue weighted by Crippen LogP contribution is -2.31. The second-order valence-electron chi connectivity index (χ2n) is 7.98.